The van der Waals surface area contributed by atoms with Crippen LogP contribution in [0.15, 0.2) is 30.3 Å². The molecule has 2 N–H and O–H groups in total. The highest BCUT2D eigenvalue weighted by molar-refractivity contribution is 5.97. The van der Waals surface area contributed by atoms with Crippen molar-refractivity contribution in [2.24, 2.45) is 5.73 Å². The number of carbonyl (C=O) groups excluding carboxylic acids is 1. The molecule has 4 heteroatoms. The van der Waals surface area contributed by atoms with Gasteiger partial charge in [0.15, 0.2) is 0 Å². The first-order valence-corrected chi connectivity index (χ1v) is 4.91. The van der Waals surface area contributed by atoms with Gasteiger partial charge < -0.3 is 10.6 Å². The molecule has 1 heterocycles. The second-order valence-electron chi connectivity index (χ2n) is 3.57. The molecule has 2 rings (SSSR count). The summed E-state index contributed by atoms with van der Waals surface area (Å²) in [7, 11) is 0. The zero-order chi connectivity index (χ0) is 9.97. The Bertz CT molecular complexity index is 329. The van der Waals surface area contributed by atoms with E-state index >= 15 is 0 Å². The molecule has 15 heavy (non-hydrogen) atoms. The second-order valence-corrected chi connectivity index (χ2v) is 3.57. The minimum Gasteiger partial charge on any atom is -0.320 e. The fourth-order valence-corrected chi connectivity index (χ4v) is 1.77. The first-order chi connectivity index (χ1) is 6.79. The molecule has 1 aromatic carbocycles. The van der Waals surface area contributed by atoms with Crippen LogP contribution in [0.25, 0.3) is 0 Å². The van der Waals surface area contributed by atoms with Gasteiger partial charge in [0.25, 0.3) is 0 Å². The van der Waals surface area contributed by atoms with Crippen LogP contribution in [0.2, 0.25) is 0 Å². The van der Waals surface area contributed by atoms with Crippen molar-refractivity contribution >= 4 is 24.0 Å². The molecular weight excluding hydrogens is 212 g/mol. The van der Waals surface area contributed by atoms with Gasteiger partial charge >= 0.3 is 0 Å². The summed E-state index contributed by atoms with van der Waals surface area (Å²) in [6, 6.07) is 9.37. The van der Waals surface area contributed by atoms with Crippen molar-refractivity contribution in [1.82, 2.24) is 0 Å². The maximum Gasteiger partial charge on any atom is 0.243 e. The van der Waals surface area contributed by atoms with Gasteiger partial charge in [0.05, 0.1) is 6.04 Å². The van der Waals surface area contributed by atoms with Crippen LogP contribution in [-0.4, -0.2) is 18.5 Å². The van der Waals surface area contributed by atoms with E-state index in [-0.39, 0.29) is 24.4 Å². The number of anilines is 1. The molecule has 1 aromatic rings. The first-order valence-electron chi connectivity index (χ1n) is 4.91. The average Bonchev–Trinajstić information content (AvgIpc) is 2.23. The summed E-state index contributed by atoms with van der Waals surface area (Å²) in [5.74, 6) is 0.0439. The van der Waals surface area contributed by atoms with Gasteiger partial charge in [-0.25, -0.2) is 0 Å². The lowest BCUT2D eigenvalue weighted by atomic mass is 10.1. The third-order valence-electron chi connectivity index (χ3n) is 2.55. The van der Waals surface area contributed by atoms with Gasteiger partial charge in [0.2, 0.25) is 5.91 Å². The Morgan fingerprint density at radius 1 is 1.27 bits per heavy atom. The normalized spacial score (nSPS) is 21.0. The summed E-state index contributed by atoms with van der Waals surface area (Å²) in [5.41, 5.74) is 6.67. The van der Waals surface area contributed by atoms with Gasteiger partial charge in [-0.1, -0.05) is 18.2 Å². The maximum atomic E-state index is 11.7. The van der Waals surface area contributed by atoms with Crippen molar-refractivity contribution in [2.75, 3.05) is 11.4 Å². The number of halogens is 1. The van der Waals surface area contributed by atoms with E-state index in [4.69, 9.17) is 5.73 Å². The molecule has 1 atom stereocenters. The lowest BCUT2D eigenvalue weighted by molar-refractivity contribution is -0.120. The van der Waals surface area contributed by atoms with E-state index in [1.807, 2.05) is 30.3 Å². The standard InChI is InChI=1S/C11H14N2O.ClH/c12-10-7-4-8-13(11(10)14)9-5-2-1-3-6-9;/h1-3,5-6,10H,4,7-8,12H2;1H/t10-;/m0./s1. The van der Waals surface area contributed by atoms with Crippen LogP contribution in [0, 0.1) is 0 Å². The van der Waals surface area contributed by atoms with Crippen LogP contribution in [0.1, 0.15) is 12.8 Å². The van der Waals surface area contributed by atoms with Gasteiger partial charge in [-0.05, 0) is 25.0 Å². The van der Waals surface area contributed by atoms with Crippen LogP contribution in [0.5, 0.6) is 0 Å². The number of rotatable bonds is 1. The van der Waals surface area contributed by atoms with Crippen LogP contribution in [0.3, 0.4) is 0 Å². The van der Waals surface area contributed by atoms with Gasteiger partial charge in [0, 0.05) is 12.2 Å². The molecule has 82 valence electrons. The smallest absolute Gasteiger partial charge is 0.243 e. The Kier molecular flexibility index (Phi) is 4.12. The van der Waals surface area contributed by atoms with Crippen molar-refractivity contribution < 1.29 is 4.79 Å². The number of benzene rings is 1. The summed E-state index contributed by atoms with van der Waals surface area (Å²) in [5, 5.41) is 0. The lowest BCUT2D eigenvalue weighted by Crippen LogP contribution is -2.48. The number of piperidine rings is 1. The number of carbonyl (C=O) groups is 1. The lowest BCUT2D eigenvalue weighted by Gasteiger charge is -2.30. The first kappa shape index (κ1) is 12.0. The molecule has 3 nitrogen and oxygen atoms in total. The SMILES string of the molecule is Cl.N[C@H]1CCCN(c2ccccc2)C1=O. The fourth-order valence-electron chi connectivity index (χ4n) is 1.77. The Balaban J connectivity index is 0.00000112. The predicted molar refractivity (Wildman–Crippen MR) is 63.3 cm³/mol. The third kappa shape index (κ3) is 2.49. The molecule has 0 saturated carbocycles. The van der Waals surface area contributed by atoms with Crippen LogP contribution in [0.4, 0.5) is 5.69 Å². The number of amides is 1. The largest absolute Gasteiger partial charge is 0.320 e. The van der Waals surface area contributed by atoms with Gasteiger partial charge in [-0.3, -0.25) is 4.79 Å². The summed E-state index contributed by atoms with van der Waals surface area (Å²) < 4.78 is 0. The molecule has 0 radical (unpaired) electrons. The zero-order valence-electron chi connectivity index (χ0n) is 8.43. The quantitative estimate of drug-likeness (QED) is 0.790. The molecule has 0 bridgehead atoms. The van der Waals surface area contributed by atoms with Crippen LogP contribution in [-0.2, 0) is 4.79 Å². The Hall–Kier alpha value is -1.06. The van der Waals surface area contributed by atoms with E-state index in [9.17, 15) is 4.79 Å². The maximum absolute atomic E-state index is 11.7. The van der Waals surface area contributed by atoms with Crippen molar-refractivity contribution in [3.05, 3.63) is 30.3 Å². The van der Waals surface area contributed by atoms with Crippen molar-refractivity contribution in [3.8, 4) is 0 Å². The number of hydrogen-bond donors (Lipinski definition) is 1. The van der Waals surface area contributed by atoms with Crippen molar-refractivity contribution in [3.63, 3.8) is 0 Å². The van der Waals surface area contributed by atoms with Crippen molar-refractivity contribution in [2.45, 2.75) is 18.9 Å². The van der Waals surface area contributed by atoms with E-state index in [0.717, 1.165) is 25.1 Å². The number of nitrogens with two attached hydrogens (primary N) is 1. The van der Waals surface area contributed by atoms with Gasteiger partial charge in [-0.2, -0.15) is 0 Å². The number of hydrogen-bond acceptors (Lipinski definition) is 2. The highest BCUT2D eigenvalue weighted by Gasteiger charge is 2.26. The molecule has 0 spiro atoms. The van der Waals surface area contributed by atoms with Gasteiger partial charge in [0.1, 0.15) is 0 Å². The molecule has 0 aromatic heterocycles. The summed E-state index contributed by atoms with van der Waals surface area (Å²) in [4.78, 5) is 13.5. The molecule has 1 aliphatic heterocycles. The summed E-state index contributed by atoms with van der Waals surface area (Å²) >= 11 is 0. The fraction of sp³-hybridized carbons (Fsp3) is 0.364. The molecular formula is C11H15ClN2O. The summed E-state index contributed by atoms with van der Waals surface area (Å²) in [6.45, 7) is 0.788. The van der Waals surface area contributed by atoms with E-state index < -0.39 is 0 Å². The van der Waals surface area contributed by atoms with E-state index in [1.165, 1.54) is 0 Å². The Labute approximate surface area is 95.7 Å². The summed E-state index contributed by atoms with van der Waals surface area (Å²) in [6.07, 6.45) is 1.80. The zero-order valence-corrected chi connectivity index (χ0v) is 9.24. The monoisotopic (exact) mass is 226 g/mol. The Morgan fingerprint density at radius 3 is 2.60 bits per heavy atom. The van der Waals surface area contributed by atoms with E-state index in [1.54, 1.807) is 4.90 Å². The van der Waals surface area contributed by atoms with Crippen LogP contribution < -0.4 is 10.6 Å². The topological polar surface area (TPSA) is 46.3 Å². The average molecular weight is 227 g/mol. The predicted octanol–water partition coefficient (Wildman–Crippen LogP) is 1.56. The van der Waals surface area contributed by atoms with E-state index in [0.29, 0.717) is 0 Å². The molecule has 0 aliphatic carbocycles. The highest BCUT2D eigenvalue weighted by Crippen LogP contribution is 2.19. The second kappa shape index (κ2) is 5.14. The molecule has 0 unspecified atom stereocenters. The van der Waals surface area contributed by atoms with Crippen molar-refractivity contribution in [1.29, 1.82) is 0 Å². The highest BCUT2D eigenvalue weighted by atomic mass is 35.5. The van der Waals surface area contributed by atoms with E-state index in [2.05, 4.69) is 0 Å². The number of para-hydroxylation sites is 1. The number of nitrogens with zero attached hydrogens (tertiary/aromatic N) is 1. The Morgan fingerprint density at radius 2 is 1.93 bits per heavy atom. The molecule has 1 fully saturated rings. The molecule has 1 aliphatic rings. The van der Waals surface area contributed by atoms with Crippen LogP contribution >= 0.6 is 12.4 Å². The minimum absolute atomic E-state index is 0. The minimum atomic E-state index is -0.316. The molecule has 1 amide bonds. The third-order valence-corrected chi connectivity index (χ3v) is 2.55. The molecule has 1 saturated heterocycles. The van der Waals surface area contributed by atoms with Gasteiger partial charge in [-0.15, -0.1) is 12.4 Å².